The van der Waals surface area contributed by atoms with Crippen LogP contribution in [0.2, 0.25) is 0 Å². The molecular weight excluding hydrogens is 188 g/mol. The van der Waals surface area contributed by atoms with Crippen LogP contribution in [-0.2, 0) is 9.59 Å². The van der Waals surface area contributed by atoms with Gasteiger partial charge in [0.2, 0.25) is 0 Å². The molecule has 0 aliphatic heterocycles. The summed E-state index contributed by atoms with van der Waals surface area (Å²) in [6.07, 6.45) is 4.44. The van der Waals surface area contributed by atoms with Crippen LogP contribution in [0, 0.1) is 0 Å². The number of carboxylic acids is 2. The van der Waals surface area contributed by atoms with Crippen molar-refractivity contribution in [2.45, 2.75) is 26.2 Å². The Morgan fingerprint density at radius 2 is 1.50 bits per heavy atom. The number of hydrogen-bond donors (Lipinski definition) is 3. The van der Waals surface area contributed by atoms with Crippen LogP contribution in [-0.4, -0.2) is 33.9 Å². The number of aliphatic carboxylic acids is 2. The van der Waals surface area contributed by atoms with Gasteiger partial charge in [-0.05, 0) is 6.42 Å². The van der Waals surface area contributed by atoms with Crippen LogP contribution in [0.4, 0.5) is 0 Å². The minimum absolute atomic E-state index is 0.355. The maximum atomic E-state index is 9.55. The van der Waals surface area contributed by atoms with Crippen molar-refractivity contribution in [1.29, 1.82) is 0 Å². The minimum atomic E-state index is -1.26. The van der Waals surface area contributed by atoms with Gasteiger partial charge in [-0.15, -0.1) is 0 Å². The van der Waals surface area contributed by atoms with Crippen LogP contribution in [0.25, 0.3) is 0 Å². The summed E-state index contributed by atoms with van der Waals surface area (Å²) in [5.74, 6) is -2.51. The lowest BCUT2D eigenvalue weighted by atomic mass is 10.3. The van der Waals surface area contributed by atoms with Crippen molar-refractivity contribution in [3.8, 4) is 0 Å². The van der Waals surface area contributed by atoms with Gasteiger partial charge in [-0.25, -0.2) is 9.59 Å². The lowest BCUT2D eigenvalue weighted by molar-refractivity contribution is -0.134. The lowest BCUT2D eigenvalue weighted by Gasteiger charge is -1.85. The monoisotopic (exact) mass is 204 g/mol. The van der Waals surface area contributed by atoms with E-state index in [1.54, 1.807) is 0 Å². The smallest absolute Gasteiger partial charge is 0.328 e. The predicted molar refractivity (Wildman–Crippen MR) is 51.0 cm³/mol. The lowest BCUT2D eigenvalue weighted by Crippen LogP contribution is -1.91. The third-order valence-corrected chi connectivity index (χ3v) is 1.13. The quantitative estimate of drug-likeness (QED) is 0.456. The van der Waals surface area contributed by atoms with Gasteiger partial charge in [-0.2, -0.15) is 0 Å². The van der Waals surface area contributed by atoms with Crippen LogP contribution < -0.4 is 0 Å². The topological polar surface area (TPSA) is 94.8 Å². The van der Waals surface area contributed by atoms with E-state index < -0.39 is 11.9 Å². The molecule has 0 aliphatic carbocycles. The molecule has 0 radical (unpaired) electrons. The summed E-state index contributed by atoms with van der Waals surface area (Å²) < 4.78 is 0. The van der Waals surface area contributed by atoms with Gasteiger partial charge in [0.25, 0.3) is 0 Å². The second-order valence-corrected chi connectivity index (χ2v) is 2.44. The highest BCUT2D eigenvalue weighted by Gasteiger charge is 1.88. The van der Waals surface area contributed by atoms with Crippen molar-refractivity contribution in [3.63, 3.8) is 0 Å². The van der Waals surface area contributed by atoms with Crippen LogP contribution in [0.1, 0.15) is 26.2 Å². The van der Waals surface area contributed by atoms with Gasteiger partial charge >= 0.3 is 11.9 Å². The van der Waals surface area contributed by atoms with Gasteiger partial charge in [-0.3, -0.25) is 0 Å². The van der Waals surface area contributed by atoms with E-state index in [2.05, 4.69) is 6.92 Å². The van der Waals surface area contributed by atoms with Crippen LogP contribution >= 0.6 is 0 Å². The first-order chi connectivity index (χ1) is 6.54. The molecule has 0 saturated carbocycles. The number of unbranched alkanes of at least 4 members (excludes halogenated alkanes) is 2. The molecule has 0 bridgehead atoms. The molecule has 0 rings (SSSR count). The number of carbonyl (C=O) groups is 2. The van der Waals surface area contributed by atoms with Gasteiger partial charge in [0.05, 0.1) is 0 Å². The molecule has 0 aliphatic rings. The highest BCUT2D eigenvalue weighted by Crippen LogP contribution is 1.89. The molecule has 0 unspecified atom stereocenters. The molecule has 5 heteroatoms. The summed E-state index contributed by atoms with van der Waals surface area (Å²) >= 11 is 0. The SMILES string of the molecule is CCCCCO.O=C(O)/C=C\C(=O)O. The van der Waals surface area contributed by atoms with E-state index in [9.17, 15) is 9.59 Å². The number of rotatable bonds is 5. The first-order valence-corrected chi connectivity index (χ1v) is 4.29. The van der Waals surface area contributed by atoms with E-state index in [4.69, 9.17) is 15.3 Å². The predicted octanol–water partition coefficient (Wildman–Crippen LogP) is 0.881. The number of aliphatic hydroxyl groups is 1. The second-order valence-electron chi connectivity index (χ2n) is 2.44. The van der Waals surface area contributed by atoms with E-state index in [1.807, 2.05) is 0 Å². The van der Waals surface area contributed by atoms with E-state index >= 15 is 0 Å². The van der Waals surface area contributed by atoms with Gasteiger partial charge in [0, 0.05) is 18.8 Å². The average Bonchev–Trinajstić information content (AvgIpc) is 2.12. The zero-order valence-electron chi connectivity index (χ0n) is 8.14. The highest BCUT2D eigenvalue weighted by molar-refractivity contribution is 5.89. The summed E-state index contributed by atoms with van der Waals surface area (Å²) in [4.78, 5) is 19.1. The van der Waals surface area contributed by atoms with Crippen LogP contribution in [0.3, 0.4) is 0 Å². The third kappa shape index (κ3) is 22.4. The Balaban J connectivity index is 0. The van der Waals surface area contributed by atoms with E-state index in [1.165, 1.54) is 6.42 Å². The van der Waals surface area contributed by atoms with Crippen molar-refractivity contribution in [1.82, 2.24) is 0 Å². The molecule has 0 aromatic heterocycles. The Hall–Kier alpha value is -1.36. The molecule has 5 nitrogen and oxygen atoms in total. The molecule has 0 aromatic rings. The number of aliphatic hydroxyl groups excluding tert-OH is 1. The molecule has 3 N–H and O–H groups in total. The van der Waals surface area contributed by atoms with Gasteiger partial charge < -0.3 is 15.3 Å². The number of carboxylic acid groups (broad SMARTS) is 2. The molecule has 0 aromatic carbocycles. The summed E-state index contributed by atoms with van der Waals surface area (Å²) in [5.41, 5.74) is 0. The molecule has 0 fully saturated rings. The minimum Gasteiger partial charge on any atom is -0.478 e. The normalized spacial score (nSPS) is 9.29. The summed E-state index contributed by atoms with van der Waals surface area (Å²) in [5, 5.41) is 23.8. The molecular formula is C9H16O5. The highest BCUT2D eigenvalue weighted by atomic mass is 16.4. The van der Waals surface area contributed by atoms with Crippen LogP contribution in [0.5, 0.6) is 0 Å². The first-order valence-electron chi connectivity index (χ1n) is 4.29. The van der Waals surface area contributed by atoms with Crippen molar-refractivity contribution in [2.24, 2.45) is 0 Å². The average molecular weight is 204 g/mol. The number of hydrogen-bond acceptors (Lipinski definition) is 3. The van der Waals surface area contributed by atoms with Crippen LogP contribution in [0.15, 0.2) is 12.2 Å². The van der Waals surface area contributed by atoms with Crippen molar-refractivity contribution >= 4 is 11.9 Å². The Bertz CT molecular complexity index is 166. The molecule has 14 heavy (non-hydrogen) atoms. The molecule has 0 spiro atoms. The van der Waals surface area contributed by atoms with Crippen molar-refractivity contribution in [2.75, 3.05) is 6.61 Å². The van der Waals surface area contributed by atoms with E-state index in [0.29, 0.717) is 18.8 Å². The zero-order chi connectivity index (χ0) is 11.4. The molecule has 82 valence electrons. The first kappa shape index (κ1) is 15.1. The largest absolute Gasteiger partial charge is 0.478 e. The van der Waals surface area contributed by atoms with Gasteiger partial charge in [-0.1, -0.05) is 19.8 Å². The maximum Gasteiger partial charge on any atom is 0.328 e. The summed E-state index contributed by atoms with van der Waals surface area (Å²) in [6, 6.07) is 0. The third-order valence-electron chi connectivity index (χ3n) is 1.13. The van der Waals surface area contributed by atoms with Crippen molar-refractivity contribution in [3.05, 3.63) is 12.2 Å². The Labute approximate surface area is 82.7 Å². The van der Waals surface area contributed by atoms with Crippen molar-refractivity contribution < 1.29 is 24.9 Å². The summed E-state index contributed by atoms with van der Waals surface area (Å²) in [6.45, 7) is 2.48. The standard InChI is InChI=1S/C5H12O.C4H4O4/c1-2-3-4-5-6;5-3(6)1-2-4(7)8/h6H,2-5H2,1H3;1-2H,(H,5,6)(H,7,8)/b;2-1-. The Morgan fingerprint density at radius 3 is 1.64 bits per heavy atom. The van der Waals surface area contributed by atoms with E-state index in [-0.39, 0.29) is 0 Å². The van der Waals surface area contributed by atoms with Gasteiger partial charge in [0.15, 0.2) is 0 Å². The summed E-state index contributed by atoms with van der Waals surface area (Å²) in [7, 11) is 0. The fraction of sp³-hybridized carbons (Fsp3) is 0.556. The molecule has 0 heterocycles. The molecule has 0 amide bonds. The van der Waals surface area contributed by atoms with Gasteiger partial charge in [0.1, 0.15) is 0 Å². The second kappa shape index (κ2) is 11.6. The molecule has 0 saturated heterocycles. The Morgan fingerprint density at radius 1 is 1.07 bits per heavy atom. The molecule has 0 atom stereocenters. The Kier molecular flexibility index (Phi) is 12.6. The fourth-order valence-corrected chi connectivity index (χ4v) is 0.504. The fourth-order valence-electron chi connectivity index (χ4n) is 0.504. The van der Waals surface area contributed by atoms with E-state index in [0.717, 1.165) is 12.8 Å². The maximum absolute atomic E-state index is 9.55. The zero-order valence-corrected chi connectivity index (χ0v) is 8.14.